The Kier molecular flexibility index (Phi) is 5.13. The first kappa shape index (κ1) is 13.8. The third-order valence-corrected chi connectivity index (χ3v) is 3.76. The van der Waals surface area contributed by atoms with Crippen molar-refractivity contribution in [3.63, 3.8) is 0 Å². The van der Waals surface area contributed by atoms with Crippen LogP contribution in [0, 0.1) is 5.92 Å². The van der Waals surface area contributed by atoms with Crippen LogP contribution in [0.15, 0.2) is 24.3 Å². The van der Waals surface area contributed by atoms with Crippen LogP contribution in [0.3, 0.4) is 0 Å². The van der Waals surface area contributed by atoms with Crippen LogP contribution in [-0.4, -0.2) is 12.2 Å². The highest BCUT2D eigenvalue weighted by atomic mass is 16.1. The summed E-state index contributed by atoms with van der Waals surface area (Å²) in [6, 6.07) is 7.04. The molecule has 0 bridgehead atoms. The van der Waals surface area contributed by atoms with Crippen LogP contribution in [0.25, 0.3) is 0 Å². The molecule has 2 rings (SSSR count). The van der Waals surface area contributed by atoms with Crippen LogP contribution in [0.4, 0.5) is 5.69 Å². The molecule has 1 aliphatic carbocycles. The zero-order chi connectivity index (χ0) is 13.5. The second-order valence-corrected chi connectivity index (χ2v) is 5.35. The zero-order valence-electron chi connectivity index (χ0n) is 11.2. The Labute approximate surface area is 114 Å². The molecule has 1 N–H and O–H groups in total. The highest BCUT2D eigenvalue weighted by Gasteiger charge is 2.16. The number of nitrogens with one attached hydrogen (secondary N) is 1. The van der Waals surface area contributed by atoms with Gasteiger partial charge in [-0.2, -0.15) is 0 Å². The average molecular weight is 259 g/mol. The molecule has 1 aromatic rings. The number of amides is 1. The Balaban J connectivity index is 1.87. The summed E-state index contributed by atoms with van der Waals surface area (Å²) in [6.07, 6.45) is 8.84. The van der Waals surface area contributed by atoms with Gasteiger partial charge >= 0.3 is 0 Å². The molecule has 3 nitrogen and oxygen atoms in total. The van der Waals surface area contributed by atoms with E-state index >= 15 is 0 Å². The molecule has 0 aliphatic heterocycles. The first-order valence-electron chi connectivity index (χ1n) is 7.13. The van der Waals surface area contributed by atoms with Gasteiger partial charge in [-0.25, -0.2) is 0 Å². The smallest absolute Gasteiger partial charge is 0.224 e. The number of rotatable bonds is 4. The quantitative estimate of drug-likeness (QED) is 0.660. The molecule has 19 heavy (non-hydrogen) atoms. The van der Waals surface area contributed by atoms with Gasteiger partial charge in [0.05, 0.1) is 0 Å². The predicted molar refractivity (Wildman–Crippen MR) is 76.3 cm³/mol. The summed E-state index contributed by atoms with van der Waals surface area (Å²) >= 11 is 0. The van der Waals surface area contributed by atoms with Gasteiger partial charge in [-0.05, 0) is 30.9 Å². The lowest BCUT2D eigenvalue weighted by molar-refractivity contribution is -0.117. The van der Waals surface area contributed by atoms with Crippen LogP contribution in [-0.2, 0) is 4.79 Å². The zero-order valence-corrected chi connectivity index (χ0v) is 11.2. The molecular formula is C16H21NO2. The molecular weight excluding hydrogens is 238 g/mol. The molecule has 1 fully saturated rings. The minimum absolute atomic E-state index is 0.0648. The molecule has 0 atom stereocenters. The summed E-state index contributed by atoms with van der Waals surface area (Å²) in [4.78, 5) is 22.7. The van der Waals surface area contributed by atoms with E-state index in [0.29, 0.717) is 23.6 Å². The largest absolute Gasteiger partial charge is 0.326 e. The van der Waals surface area contributed by atoms with Gasteiger partial charge in [0.25, 0.3) is 0 Å². The normalized spacial score (nSPS) is 16.6. The van der Waals surface area contributed by atoms with Gasteiger partial charge in [-0.15, -0.1) is 0 Å². The number of aldehydes is 1. The highest BCUT2D eigenvalue weighted by molar-refractivity contribution is 5.91. The van der Waals surface area contributed by atoms with Crippen molar-refractivity contribution in [2.45, 2.75) is 44.9 Å². The Bertz CT molecular complexity index is 434. The second kappa shape index (κ2) is 7.07. The standard InChI is InChI=1S/C16H21NO2/c18-12-14-8-5-9-15(10-14)17-16(19)11-13-6-3-1-2-4-7-13/h5,8-10,12-13H,1-4,6-7,11H2,(H,17,19). The van der Waals surface area contributed by atoms with Crippen LogP contribution in [0.5, 0.6) is 0 Å². The molecule has 3 heteroatoms. The Morgan fingerprint density at radius 2 is 1.95 bits per heavy atom. The van der Waals surface area contributed by atoms with Crippen LogP contribution >= 0.6 is 0 Å². The van der Waals surface area contributed by atoms with E-state index in [9.17, 15) is 9.59 Å². The van der Waals surface area contributed by atoms with E-state index in [1.807, 2.05) is 6.07 Å². The van der Waals surface area contributed by atoms with Crippen molar-refractivity contribution in [1.29, 1.82) is 0 Å². The van der Waals surface area contributed by atoms with E-state index < -0.39 is 0 Å². The third kappa shape index (κ3) is 4.51. The molecule has 1 saturated carbocycles. The highest BCUT2D eigenvalue weighted by Crippen LogP contribution is 2.25. The van der Waals surface area contributed by atoms with Crippen molar-refractivity contribution in [1.82, 2.24) is 0 Å². The summed E-state index contributed by atoms with van der Waals surface area (Å²) in [5.41, 5.74) is 1.30. The first-order chi connectivity index (χ1) is 9.28. The van der Waals surface area contributed by atoms with Crippen LogP contribution < -0.4 is 5.32 Å². The predicted octanol–water partition coefficient (Wildman–Crippen LogP) is 3.80. The molecule has 0 radical (unpaired) electrons. The number of benzene rings is 1. The fraction of sp³-hybridized carbons (Fsp3) is 0.500. The van der Waals surface area contributed by atoms with Crippen LogP contribution in [0.2, 0.25) is 0 Å². The first-order valence-corrected chi connectivity index (χ1v) is 7.13. The van der Waals surface area contributed by atoms with Crippen molar-refractivity contribution in [2.75, 3.05) is 5.32 Å². The van der Waals surface area contributed by atoms with Gasteiger partial charge in [0.15, 0.2) is 0 Å². The van der Waals surface area contributed by atoms with Gasteiger partial charge in [0.1, 0.15) is 6.29 Å². The lowest BCUT2D eigenvalue weighted by Crippen LogP contribution is -2.16. The number of hydrogen-bond acceptors (Lipinski definition) is 2. The Hall–Kier alpha value is -1.64. The lowest BCUT2D eigenvalue weighted by atomic mass is 9.96. The molecule has 102 valence electrons. The Morgan fingerprint density at radius 1 is 1.21 bits per heavy atom. The van der Waals surface area contributed by atoms with E-state index in [1.54, 1.807) is 18.2 Å². The average Bonchev–Trinajstić information content (AvgIpc) is 2.67. The molecule has 1 aliphatic rings. The number of anilines is 1. The fourth-order valence-electron chi connectivity index (χ4n) is 2.73. The van der Waals surface area contributed by atoms with Crippen molar-refractivity contribution in [3.05, 3.63) is 29.8 Å². The van der Waals surface area contributed by atoms with Crippen LogP contribution in [0.1, 0.15) is 55.3 Å². The van der Waals surface area contributed by atoms with Crippen molar-refractivity contribution in [2.24, 2.45) is 5.92 Å². The molecule has 0 spiro atoms. The maximum Gasteiger partial charge on any atom is 0.224 e. The Morgan fingerprint density at radius 3 is 2.63 bits per heavy atom. The minimum Gasteiger partial charge on any atom is -0.326 e. The molecule has 1 aromatic carbocycles. The molecule has 1 amide bonds. The monoisotopic (exact) mass is 259 g/mol. The maximum atomic E-state index is 12.0. The van der Waals surface area contributed by atoms with E-state index in [2.05, 4.69) is 5.32 Å². The summed E-state index contributed by atoms with van der Waals surface area (Å²) in [7, 11) is 0. The van der Waals surface area contributed by atoms with Crippen molar-refractivity contribution >= 4 is 17.9 Å². The summed E-state index contributed by atoms with van der Waals surface area (Å²) in [5, 5.41) is 2.89. The minimum atomic E-state index is 0.0648. The van der Waals surface area contributed by atoms with Crippen molar-refractivity contribution < 1.29 is 9.59 Å². The van der Waals surface area contributed by atoms with Gasteiger partial charge < -0.3 is 5.32 Å². The molecule has 0 unspecified atom stereocenters. The molecule has 0 saturated heterocycles. The summed E-state index contributed by atoms with van der Waals surface area (Å²) < 4.78 is 0. The SMILES string of the molecule is O=Cc1cccc(NC(=O)CC2CCCCCC2)c1. The van der Waals surface area contributed by atoms with Gasteiger partial charge in [0, 0.05) is 17.7 Å². The maximum absolute atomic E-state index is 12.0. The molecule has 0 aromatic heterocycles. The second-order valence-electron chi connectivity index (χ2n) is 5.35. The van der Waals surface area contributed by atoms with E-state index in [1.165, 1.54) is 38.5 Å². The fourth-order valence-corrected chi connectivity index (χ4v) is 2.73. The number of carbonyl (C=O) groups excluding carboxylic acids is 2. The van der Waals surface area contributed by atoms with Gasteiger partial charge in [-0.3, -0.25) is 9.59 Å². The number of carbonyl (C=O) groups is 2. The summed E-state index contributed by atoms with van der Waals surface area (Å²) in [6.45, 7) is 0. The van der Waals surface area contributed by atoms with E-state index in [0.717, 1.165) is 6.29 Å². The summed E-state index contributed by atoms with van der Waals surface area (Å²) in [5.74, 6) is 0.590. The van der Waals surface area contributed by atoms with Crippen molar-refractivity contribution in [3.8, 4) is 0 Å². The topological polar surface area (TPSA) is 46.2 Å². The van der Waals surface area contributed by atoms with Gasteiger partial charge in [0.2, 0.25) is 5.91 Å². The third-order valence-electron chi connectivity index (χ3n) is 3.76. The van der Waals surface area contributed by atoms with Gasteiger partial charge in [-0.1, -0.05) is 37.8 Å². The van der Waals surface area contributed by atoms with E-state index in [4.69, 9.17) is 0 Å². The molecule has 0 heterocycles. The lowest BCUT2D eigenvalue weighted by Gasteiger charge is -2.13. The van der Waals surface area contributed by atoms with E-state index in [-0.39, 0.29) is 5.91 Å². The number of hydrogen-bond donors (Lipinski definition) is 1.